The molecule has 0 atom stereocenters. The molecule has 0 radical (unpaired) electrons. The van der Waals surface area contributed by atoms with Gasteiger partial charge in [0.1, 0.15) is 5.60 Å². The number of hydrogen-bond donors (Lipinski definition) is 0. The maximum atomic E-state index is 12.2. The van der Waals surface area contributed by atoms with Crippen LogP contribution in [0.4, 0.5) is 4.79 Å². The zero-order chi connectivity index (χ0) is 17.9. The molecule has 0 bridgehead atoms. The lowest BCUT2D eigenvalue weighted by Gasteiger charge is -2.31. The Bertz CT molecular complexity index is 669. The van der Waals surface area contributed by atoms with E-state index in [1.807, 2.05) is 20.8 Å². The molecule has 1 aromatic rings. The van der Waals surface area contributed by atoms with E-state index in [0.717, 1.165) is 29.7 Å². The van der Waals surface area contributed by atoms with Gasteiger partial charge in [-0.2, -0.15) is 0 Å². The third kappa shape index (κ3) is 4.25. The van der Waals surface area contributed by atoms with E-state index in [1.54, 1.807) is 11.9 Å². The van der Waals surface area contributed by atoms with Crippen LogP contribution < -0.4 is 0 Å². The van der Waals surface area contributed by atoms with E-state index < -0.39 is 5.60 Å². The van der Waals surface area contributed by atoms with Gasteiger partial charge in [-0.25, -0.2) is 4.79 Å². The van der Waals surface area contributed by atoms with Crippen LogP contribution in [0.2, 0.25) is 0 Å². The number of amides is 1. The minimum atomic E-state index is -0.464. The lowest BCUT2D eigenvalue weighted by atomic mass is 9.93. The Morgan fingerprint density at radius 3 is 2.62 bits per heavy atom. The van der Waals surface area contributed by atoms with Crippen molar-refractivity contribution >= 4 is 11.8 Å². The molecule has 0 saturated heterocycles. The first-order chi connectivity index (χ1) is 11.2. The molecule has 1 heterocycles. The predicted octanol–water partition coefficient (Wildman–Crippen LogP) is 4.36. The van der Waals surface area contributed by atoms with E-state index in [4.69, 9.17) is 4.74 Å². The SMILES string of the molecule is C=C(CC)C(=NC)c1ccc2c(c1)CCN(C(=O)OC(C)(C)C)C2. The topological polar surface area (TPSA) is 41.9 Å². The summed E-state index contributed by atoms with van der Waals surface area (Å²) >= 11 is 0. The third-order valence-electron chi connectivity index (χ3n) is 4.13. The Morgan fingerprint density at radius 1 is 1.33 bits per heavy atom. The Kier molecular flexibility index (Phi) is 5.47. The number of ether oxygens (including phenoxy) is 1. The molecule has 4 nitrogen and oxygen atoms in total. The molecule has 0 aromatic heterocycles. The van der Waals surface area contributed by atoms with Gasteiger partial charge in [-0.15, -0.1) is 0 Å². The Labute approximate surface area is 145 Å². The predicted molar refractivity (Wildman–Crippen MR) is 98.7 cm³/mol. The van der Waals surface area contributed by atoms with Crippen molar-refractivity contribution in [3.8, 4) is 0 Å². The van der Waals surface area contributed by atoms with Gasteiger partial charge in [-0.1, -0.05) is 25.6 Å². The summed E-state index contributed by atoms with van der Waals surface area (Å²) in [4.78, 5) is 18.4. The van der Waals surface area contributed by atoms with Crippen LogP contribution in [0.5, 0.6) is 0 Å². The van der Waals surface area contributed by atoms with Gasteiger partial charge in [-0.05, 0) is 56.4 Å². The third-order valence-corrected chi connectivity index (χ3v) is 4.13. The van der Waals surface area contributed by atoms with Gasteiger partial charge >= 0.3 is 6.09 Å². The van der Waals surface area contributed by atoms with Gasteiger partial charge in [0.05, 0.1) is 5.71 Å². The highest BCUT2D eigenvalue weighted by Crippen LogP contribution is 2.23. The van der Waals surface area contributed by atoms with Crippen LogP contribution in [-0.4, -0.2) is 35.9 Å². The average Bonchev–Trinajstić information content (AvgIpc) is 2.53. The van der Waals surface area contributed by atoms with Crippen LogP contribution in [0.15, 0.2) is 35.3 Å². The molecule has 1 aromatic carbocycles. The highest BCUT2D eigenvalue weighted by atomic mass is 16.6. The monoisotopic (exact) mass is 328 g/mol. The minimum absolute atomic E-state index is 0.243. The van der Waals surface area contributed by atoms with Crippen LogP contribution >= 0.6 is 0 Å². The molecule has 0 fully saturated rings. The molecule has 4 heteroatoms. The van der Waals surface area contributed by atoms with Crippen LogP contribution in [0.3, 0.4) is 0 Å². The molecule has 0 aliphatic carbocycles. The van der Waals surface area contributed by atoms with Gasteiger partial charge in [0, 0.05) is 25.7 Å². The van der Waals surface area contributed by atoms with Crippen molar-refractivity contribution in [2.24, 2.45) is 4.99 Å². The summed E-state index contributed by atoms with van der Waals surface area (Å²) in [6.07, 6.45) is 1.47. The van der Waals surface area contributed by atoms with Crippen LogP contribution in [-0.2, 0) is 17.7 Å². The Balaban J connectivity index is 2.18. The summed E-state index contributed by atoms with van der Waals surface area (Å²) in [5.41, 5.74) is 5.10. The van der Waals surface area contributed by atoms with Crippen LogP contribution in [0.25, 0.3) is 0 Å². The maximum Gasteiger partial charge on any atom is 0.410 e. The van der Waals surface area contributed by atoms with E-state index in [-0.39, 0.29) is 6.09 Å². The second-order valence-corrected chi connectivity index (χ2v) is 7.16. The summed E-state index contributed by atoms with van der Waals surface area (Å²) in [7, 11) is 1.81. The number of benzene rings is 1. The first kappa shape index (κ1) is 18.2. The highest BCUT2D eigenvalue weighted by molar-refractivity contribution is 6.12. The molecule has 0 saturated carbocycles. The smallest absolute Gasteiger partial charge is 0.410 e. The van der Waals surface area contributed by atoms with E-state index in [9.17, 15) is 4.79 Å². The fourth-order valence-electron chi connectivity index (χ4n) is 2.84. The minimum Gasteiger partial charge on any atom is -0.444 e. The van der Waals surface area contributed by atoms with Crippen molar-refractivity contribution in [2.45, 2.75) is 52.7 Å². The number of aliphatic imine (C=N–C) groups is 1. The zero-order valence-electron chi connectivity index (χ0n) is 15.5. The highest BCUT2D eigenvalue weighted by Gasteiger charge is 2.26. The molecule has 1 amide bonds. The molecule has 0 unspecified atom stereocenters. The summed E-state index contributed by atoms with van der Waals surface area (Å²) in [5.74, 6) is 0. The van der Waals surface area contributed by atoms with E-state index >= 15 is 0 Å². The molecule has 130 valence electrons. The number of carbonyl (C=O) groups excluding carboxylic acids is 1. The van der Waals surface area contributed by atoms with Gasteiger partial charge < -0.3 is 9.64 Å². The largest absolute Gasteiger partial charge is 0.444 e. The van der Waals surface area contributed by atoms with E-state index in [2.05, 4.69) is 36.7 Å². The number of rotatable bonds is 3. The standard InChI is InChI=1S/C20H28N2O2/c1-7-14(2)18(21-6)16-8-9-17-13-22(11-10-15(17)12-16)19(23)24-20(3,4)5/h8-9,12H,2,7,10-11,13H2,1,3-6H3. The average molecular weight is 328 g/mol. The first-order valence-electron chi connectivity index (χ1n) is 8.50. The molecule has 24 heavy (non-hydrogen) atoms. The van der Waals surface area contributed by atoms with Gasteiger partial charge in [0.15, 0.2) is 0 Å². The number of allylic oxidation sites excluding steroid dienone is 1. The van der Waals surface area contributed by atoms with Gasteiger partial charge in [-0.3, -0.25) is 4.99 Å². The number of nitrogens with zero attached hydrogens (tertiary/aromatic N) is 2. The first-order valence-corrected chi connectivity index (χ1v) is 8.50. The van der Waals surface area contributed by atoms with Crippen molar-refractivity contribution in [2.75, 3.05) is 13.6 Å². The summed E-state index contributed by atoms with van der Waals surface area (Å²) < 4.78 is 5.47. The fraction of sp³-hybridized carbons (Fsp3) is 0.500. The molecule has 0 spiro atoms. The van der Waals surface area contributed by atoms with Crippen molar-refractivity contribution in [3.05, 3.63) is 47.0 Å². The molecular formula is C20H28N2O2. The lowest BCUT2D eigenvalue weighted by Crippen LogP contribution is -2.39. The fourth-order valence-corrected chi connectivity index (χ4v) is 2.84. The van der Waals surface area contributed by atoms with Crippen molar-refractivity contribution in [3.63, 3.8) is 0 Å². The number of fused-ring (bicyclic) bond motifs is 1. The van der Waals surface area contributed by atoms with Gasteiger partial charge in [0.2, 0.25) is 0 Å². The summed E-state index contributed by atoms with van der Waals surface area (Å²) in [6, 6.07) is 6.35. The van der Waals surface area contributed by atoms with Crippen LogP contribution in [0, 0.1) is 0 Å². The quantitative estimate of drug-likeness (QED) is 0.773. The number of hydrogen-bond acceptors (Lipinski definition) is 3. The van der Waals surface area contributed by atoms with Crippen molar-refractivity contribution < 1.29 is 9.53 Å². The van der Waals surface area contributed by atoms with E-state index in [0.29, 0.717) is 13.1 Å². The van der Waals surface area contributed by atoms with E-state index in [1.165, 1.54) is 11.1 Å². The Morgan fingerprint density at radius 2 is 2.04 bits per heavy atom. The molecule has 2 rings (SSSR count). The van der Waals surface area contributed by atoms with Crippen molar-refractivity contribution in [1.82, 2.24) is 4.90 Å². The summed E-state index contributed by atoms with van der Waals surface area (Å²) in [5, 5.41) is 0. The van der Waals surface area contributed by atoms with Crippen molar-refractivity contribution in [1.29, 1.82) is 0 Å². The molecular weight excluding hydrogens is 300 g/mol. The van der Waals surface area contributed by atoms with Gasteiger partial charge in [0.25, 0.3) is 0 Å². The maximum absolute atomic E-state index is 12.2. The summed E-state index contributed by atoms with van der Waals surface area (Å²) in [6.45, 7) is 13.1. The molecule has 0 N–H and O–H groups in total. The van der Waals surface area contributed by atoms with Crippen LogP contribution in [0.1, 0.15) is 50.8 Å². The molecule has 1 aliphatic rings. The lowest BCUT2D eigenvalue weighted by molar-refractivity contribution is 0.0224. The Hall–Kier alpha value is -2.10. The molecule has 1 aliphatic heterocycles. The zero-order valence-corrected chi connectivity index (χ0v) is 15.5. The normalized spacial score (nSPS) is 15.0. The second kappa shape index (κ2) is 7.20. The second-order valence-electron chi connectivity index (χ2n) is 7.16. The number of carbonyl (C=O) groups is 1.